The predicted octanol–water partition coefficient (Wildman–Crippen LogP) is 7.31. The zero-order chi connectivity index (χ0) is 28.5. The van der Waals surface area contributed by atoms with Crippen LogP contribution in [0.1, 0.15) is 48.9 Å². The second-order valence-corrected chi connectivity index (χ2v) is 9.76. The number of aryl methyl sites for hydroxylation is 1. The fourth-order valence-corrected chi connectivity index (χ4v) is 4.73. The molecule has 4 rings (SSSR count). The molecule has 2 unspecified atom stereocenters. The van der Waals surface area contributed by atoms with Crippen LogP contribution in [0.25, 0.3) is 11.1 Å². The van der Waals surface area contributed by atoms with E-state index in [1.54, 1.807) is 6.92 Å². The first-order valence-electron chi connectivity index (χ1n) is 13.5. The maximum Gasteiger partial charge on any atom is 0.425 e. The number of rotatable bonds is 10. The molecule has 2 atom stereocenters. The van der Waals surface area contributed by atoms with Crippen molar-refractivity contribution in [2.24, 2.45) is 5.92 Å². The Balaban J connectivity index is 1.31. The van der Waals surface area contributed by atoms with E-state index in [9.17, 15) is 18.0 Å². The smallest absolute Gasteiger partial charge is 0.425 e. The first kappa shape index (κ1) is 29.2. The topological polar surface area (TPSA) is 44.8 Å². The normalized spacial score (nSPS) is 15.4. The van der Waals surface area contributed by atoms with Gasteiger partial charge >= 0.3 is 12.1 Å². The second-order valence-electron chi connectivity index (χ2n) is 9.76. The van der Waals surface area contributed by atoms with E-state index in [0.29, 0.717) is 38.2 Å². The molecule has 0 heterocycles. The number of alkyl halides is 3. The van der Waals surface area contributed by atoms with Gasteiger partial charge in [0.05, 0.1) is 12.5 Å². The van der Waals surface area contributed by atoms with Gasteiger partial charge in [-0.05, 0) is 85.2 Å². The standard InChI is InChI=1S/C33H33F3O4/c1-3-5-23-6-10-25(11-7-23)26-12-8-24(9-13-26)22-39-30-17-16-27-20-29(15-14-28(27)21-30)32(37)40-31(33(34,35)36)18-19-38-4-2/h6-13,16-17,21,29,31H,4,14-15,18-20,22H2,1-2H3. The molecule has 0 N–H and O–H groups in total. The molecule has 0 aliphatic heterocycles. The molecule has 3 aromatic carbocycles. The van der Waals surface area contributed by atoms with Gasteiger partial charge in [-0.1, -0.05) is 48.4 Å². The SMILES string of the molecule is CC#Cc1ccc(-c2ccc(COc3ccc4c(c3)CCC(C(=O)OC(CCOCC)C(F)(F)F)C4)cc2)cc1. The minimum atomic E-state index is -4.62. The van der Waals surface area contributed by atoms with E-state index < -0.39 is 30.6 Å². The van der Waals surface area contributed by atoms with E-state index in [4.69, 9.17) is 14.2 Å². The summed E-state index contributed by atoms with van der Waals surface area (Å²) in [5.41, 5.74) is 6.21. The van der Waals surface area contributed by atoms with Gasteiger partial charge in [0.15, 0.2) is 6.10 Å². The Hall–Kier alpha value is -3.76. The van der Waals surface area contributed by atoms with Gasteiger partial charge in [-0.3, -0.25) is 4.79 Å². The van der Waals surface area contributed by atoms with Crippen molar-refractivity contribution in [2.75, 3.05) is 13.2 Å². The van der Waals surface area contributed by atoms with Crippen LogP contribution in [0.4, 0.5) is 13.2 Å². The van der Waals surface area contributed by atoms with Gasteiger partial charge in [-0.2, -0.15) is 13.2 Å². The molecule has 0 fully saturated rings. The van der Waals surface area contributed by atoms with Gasteiger partial charge in [-0.15, -0.1) is 5.92 Å². The average Bonchev–Trinajstić information content (AvgIpc) is 2.95. The van der Waals surface area contributed by atoms with Gasteiger partial charge in [0.2, 0.25) is 0 Å². The molecule has 210 valence electrons. The molecule has 0 saturated heterocycles. The fourth-order valence-electron chi connectivity index (χ4n) is 4.73. The van der Waals surface area contributed by atoms with Crippen LogP contribution in [0.5, 0.6) is 5.75 Å². The summed E-state index contributed by atoms with van der Waals surface area (Å²) in [6, 6.07) is 22.0. The van der Waals surface area contributed by atoms with Crippen molar-refractivity contribution in [3.05, 3.63) is 89.0 Å². The number of esters is 1. The molecule has 0 radical (unpaired) electrons. The fraction of sp³-hybridized carbons (Fsp3) is 0.364. The summed E-state index contributed by atoms with van der Waals surface area (Å²) in [4.78, 5) is 12.6. The molecular weight excluding hydrogens is 517 g/mol. The highest BCUT2D eigenvalue weighted by Gasteiger charge is 2.43. The largest absolute Gasteiger partial charge is 0.489 e. The number of fused-ring (bicyclic) bond motifs is 1. The highest BCUT2D eigenvalue weighted by atomic mass is 19.4. The van der Waals surface area contributed by atoms with Gasteiger partial charge in [0.25, 0.3) is 0 Å². The molecule has 1 aliphatic carbocycles. The number of hydrogen-bond acceptors (Lipinski definition) is 4. The van der Waals surface area contributed by atoms with E-state index in [1.165, 1.54) is 0 Å². The lowest BCUT2D eigenvalue weighted by Crippen LogP contribution is -2.37. The summed E-state index contributed by atoms with van der Waals surface area (Å²) in [6.07, 6.45) is -5.84. The molecule has 0 aromatic heterocycles. The summed E-state index contributed by atoms with van der Waals surface area (Å²) in [5.74, 6) is 5.24. The van der Waals surface area contributed by atoms with Crippen molar-refractivity contribution in [2.45, 2.75) is 58.4 Å². The van der Waals surface area contributed by atoms with Crippen LogP contribution in [0, 0.1) is 17.8 Å². The lowest BCUT2D eigenvalue weighted by molar-refractivity contribution is -0.227. The zero-order valence-corrected chi connectivity index (χ0v) is 22.7. The summed E-state index contributed by atoms with van der Waals surface area (Å²) >= 11 is 0. The van der Waals surface area contributed by atoms with Crippen LogP contribution in [0.2, 0.25) is 0 Å². The number of hydrogen-bond donors (Lipinski definition) is 0. The maximum absolute atomic E-state index is 13.3. The Labute approximate surface area is 233 Å². The minimum absolute atomic E-state index is 0.114. The minimum Gasteiger partial charge on any atom is -0.489 e. The molecule has 40 heavy (non-hydrogen) atoms. The van der Waals surface area contributed by atoms with Crippen LogP contribution in [0.3, 0.4) is 0 Å². The van der Waals surface area contributed by atoms with Crippen molar-refractivity contribution in [3.63, 3.8) is 0 Å². The van der Waals surface area contributed by atoms with Crippen molar-refractivity contribution in [1.29, 1.82) is 0 Å². The Kier molecular flexibility index (Phi) is 9.89. The molecular formula is C33H33F3O4. The van der Waals surface area contributed by atoms with Gasteiger partial charge in [-0.25, -0.2) is 0 Å². The Morgan fingerprint density at radius 2 is 1.70 bits per heavy atom. The number of benzene rings is 3. The second kappa shape index (κ2) is 13.5. The average molecular weight is 551 g/mol. The third kappa shape index (κ3) is 7.89. The van der Waals surface area contributed by atoms with E-state index in [2.05, 4.69) is 36.1 Å². The molecule has 0 amide bonds. The Bertz CT molecular complexity index is 1340. The number of halogens is 3. The monoisotopic (exact) mass is 550 g/mol. The predicted molar refractivity (Wildman–Crippen MR) is 148 cm³/mol. The number of carbonyl (C=O) groups excluding carboxylic acids is 1. The van der Waals surface area contributed by atoms with Crippen LogP contribution < -0.4 is 4.74 Å². The Morgan fingerprint density at radius 3 is 2.35 bits per heavy atom. The first-order chi connectivity index (χ1) is 19.3. The third-order valence-electron chi connectivity index (χ3n) is 6.94. The number of ether oxygens (including phenoxy) is 3. The highest BCUT2D eigenvalue weighted by Crippen LogP contribution is 2.32. The summed E-state index contributed by atoms with van der Waals surface area (Å²) in [7, 11) is 0. The Morgan fingerprint density at radius 1 is 1.00 bits per heavy atom. The van der Waals surface area contributed by atoms with Crippen LogP contribution in [-0.2, 0) is 33.7 Å². The summed E-state index contributed by atoms with van der Waals surface area (Å²) in [6.45, 7) is 4.11. The van der Waals surface area contributed by atoms with E-state index >= 15 is 0 Å². The van der Waals surface area contributed by atoms with Crippen molar-refractivity contribution >= 4 is 5.97 Å². The lowest BCUT2D eigenvalue weighted by atomic mass is 9.84. The third-order valence-corrected chi connectivity index (χ3v) is 6.94. The van der Waals surface area contributed by atoms with E-state index in [-0.39, 0.29) is 6.61 Å². The van der Waals surface area contributed by atoms with Crippen LogP contribution in [-0.4, -0.2) is 31.5 Å². The lowest BCUT2D eigenvalue weighted by Gasteiger charge is -2.27. The molecule has 0 saturated carbocycles. The molecule has 3 aromatic rings. The quantitative estimate of drug-likeness (QED) is 0.151. The van der Waals surface area contributed by atoms with Crippen molar-refractivity contribution in [1.82, 2.24) is 0 Å². The zero-order valence-electron chi connectivity index (χ0n) is 22.7. The van der Waals surface area contributed by atoms with Gasteiger partial charge < -0.3 is 14.2 Å². The molecule has 7 heteroatoms. The number of carbonyl (C=O) groups is 1. The highest BCUT2D eigenvalue weighted by molar-refractivity contribution is 5.73. The summed E-state index contributed by atoms with van der Waals surface area (Å²) < 4.78 is 55.9. The molecule has 0 bridgehead atoms. The van der Waals surface area contributed by atoms with E-state index in [1.807, 2.05) is 49.4 Å². The molecule has 4 nitrogen and oxygen atoms in total. The first-order valence-corrected chi connectivity index (χ1v) is 13.5. The summed E-state index contributed by atoms with van der Waals surface area (Å²) in [5, 5.41) is 0. The molecule has 0 spiro atoms. The maximum atomic E-state index is 13.3. The van der Waals surface area contributed by atoms with Crippen molar-refractivity contribution in [3.8, 4) is 28.7 Å². The molecule has 1 aliphatic rings. The van der Waals surface area contributed by atoms with Crippen molar-refractivity contribution < 1.29 is 32.2 Å². The van der Waals surface area contributed by atoms with Gasteiger partial charge in [0, 0.05) is 18.6 Å². The van der Waals surface area contributed by atoms with Gasteiger partial charge in [0.1, 0.15) is 12.4 Å². The van der Waals surface area contributed by atoms with E-state index in [0.717, 1.165) is 33.4 Å². The van der Waals surface area contributed by atoms with Crippen LogP contribution >= 0.6 is 0 Å². The van der Waals surface area contributed by atoms with Crippen LogP contribution in [0.15, 0.2) is 66.7 Å².